The van der Waals surface area contributed by atoms with E-state index in [1.165, 1.54) is 7.11 Å². The maximum Gasteiger partial charge on any atom is 0.328 e. The van der Waals surface area contributed by atoms with Crippen LogP contribution in [0.25, 0.3) is 0 Å². The van der Waals surface area contributed by atoms with Crippen LogP contribution < -0.4 is 5.32 Å². The Bertz CT molecular complexity index is 396. The van der Waals surface area contributed by atoms with Gasteiger partial charge >= 0.3 is 11.9 Å². The average Bonchev–Trinajstić information content (AvgIpc) is 2.50. The Morgan fingerprint density at radius 2 is 1.81 bits per heavy atom. The number of methoxy groups -OCH3 is 1. The van der Waals surface area contributed by atoms with Crippen LogP contribution >= 0.6 is 0 Å². The number of hydrogen-bond acceptors (Lipinski definition) is 4. The SMILES string of the molecule is CCC(C)C(NC(=O)[C@@H]1CCCC[C@@H]1C(=O)O)C(=O)OC. The van der Waals surface area contributed by atoms with Crippen LogP contribution in [0.15, 0.2) is 0 Å². The number of esters is 1. The van der Waals surface area contributed by atoms with Crippen molar-refractivity contribution in [2.75, 3.05) is 7.11 Å². The molecule has 2 unspecified atom stereocenters. The number of carbonyl (C=O) groups is 3. The number of nitrogens with one attached hydrogen (secondary N) is 1. The summed E-state index contributed by atoms with van der Waals surface area (Å²) >= 11 is 0. The van der Waals surface area contributed by atoms with Gasteiger partial charge in [0.2, 0.25) is 5.91 Å². The van der Waals surface area contributed by atoms with Crippen LogP contribution in [0.4, 0.5) is 0 Å². The van der Waals surface area contributed by atoms with Crippen molar-refractivity contribution in [1.82, 2.24) is 5.32 Å². The highest BCUT2D eigenvalue weighted by atomic mass is 16.5. The topological polar surface area (TPSA) is 92.7 Å². The summed E-state index contributed by atoms with van der Waals surface area (Å²) in [4.78, 5) is 35.4. The van der Waals surface area contributed by atoms with Gasteiger partial charge in [-0.3, -0.25) is 9.59 Å². The van der Waals surface area contributed by atoms with E-state index in [0.717, 1.165) is 12.8 Å². The third-order valence-electron chi connectivity index (χ3n) is 4.39. The molecule has 21 heavy (non-hydrogen) atoms. The molecule has 0 spiro atoms. The lowest BCUT2D eigenvalue weighted by Crippen LogP contribution is -2.50. The second-order valence-corrected chi connectivity index (χ2v) is 5.73. The number of hydrogen-bond donors (Lipinski definition) is 2. The summed E-state index contributed by atoms with van der Waals surface area (Å²) in [5.74, 6) is -3.05. The number of carboxylic acid groups (broad SMARTS) is 1. The Morgan fingerprint density at radius 1 is 1.24 bits per heavy atom. The van der Waals surface area contributed by atoms with E-state index in [1.807, 2.05) is 13.8 Å². The van der Waals surface area contributed by atoms with Gasteiger partial charge in [0, 0.05) is 0 Å². The molecule has 1 aliphatic rings. The molecular weight excluding hydrogens is 274 g/mol. The van der Waals surface area contributed by atoms with E-state index < -0.39 is 29.8 Å². The van der Waals surface area contributed by atoms with Crippen molar-refractivity contribution >= 4 is 17.8 Å². The minimum absolute atomic E-state index is 0.0618. The van der Waals surface area contributed by atoms with Gasteiger partial charge in [-0.25, -0.2) is 4.79 Å². The van der Waals surface area contributed by atoms with Crippen LogP contribution in [0, 0.1) is 17.8 Å². The molecule has 120 valence electrons. The predicted molar refractivity (Wildman–Crippen MR) is 76.5 cm³/mol. The van der Waals surface area contributed by atoms with Gasteiger partial charge in [-0.2, -0.15) is 0 Å². The van der Waals surface area contributed by atoms with Crippen molar-refractivity contribution in [1.29, 1.82) is 0 Å². The summed E-state index contributed by atoms with van der Waals surface area (Å²) in [6, 6.07) is -0.719. The van der Waals surface area contributed by atoms with Crippen molar-refractivity contribution in [2.24, 2.45) is 17.8 Å². The number of rotatable bonds is 6. The first-order chi connectivity index (χ1) is 9.92. The lowest BCUT2D eigenvalue weighted by Gasteiger charge is -2.30. The first kappa shape index (κ1) is 17.5. The fourth-order valence-corrected chi connectivity index (χ4v) is 2.80. The fraction of sp³-hybridized carbons (Fsp3) is 0.800. The molecule has 1 fully saturated rings. The number of carbonyl (C=O) groups excluding carboxylic acids is 2. The molecule has 0 aromatic rings. The molecule has 0 aromatic carbocycles. The zero-order chi connectivity index (χ0) is 16.0. The molecule has 1 amide bonds. The molecule has 2 N–H and O–H groups in total. The van der Waals surface area contributed by atoms with E-state index >= 15 is 0 Å². The van der Waals surface area contributed by atoms with Gasteiger partial charge < -0.3 is 15.2 Å². The highest BCUT2D eigenvalue weighted by Gasteiger charge is 2.38. The molecule has 1 rings (SSSR count). The number of ether oxygens (including phenoxy) is 1. The average molecular weight is 299 g/mol. The summed E-state index contributed by atoms with van der Waals surface area (Å²) in [6.45, 7) is 3.78. The Balaban J connectivity index is 2.79. The van der Waals surface area contributed by atoms with Crippen LogP contribution in [-0.2, 0) is 19.1 Å². The quantitative estimate of drug-likeness (QED) is 0.726. The van der Waals surface area contributed by atoms with Gasteiger partial charge in [-0.1, -0.05) is 33.1 Å². The fourth-order valence-electron chi connectivity index (χ4n) is 2.80. The van der Waals surface area contributed by atoms with Crippen molar-refractivity contribution in [2.45, 2.75) is 52.0 Å². The molecule has 0 heterocycles. The molecule has 6 nitrogen and oxygen atoms in total. The smallest absolute Gasteiger partial charge is 0.328 e. The first-order valence-electron chi connectivity index (χ1n) is 7.53. The lowest BCUT2D eigenvalue weighted by atomic mass is 9.78. The van der Waals surface area contributed by atoms with E-state index in [4.69, 9.17) is 4.74 Å². The summed E-state index contributed by atoms with van der Waals surface area (Å²) in [5.41, 5.74) is 0. The van der Waals surface area contributed by atoms with Gasteiger partial charge in [-0.05, 0) is 18.8 Å². The summed E-state index contributed by atoms with van der Waals surface area (Å²) in [7, 11) is 1.28. The molecule has 0 radical (unpaired) electrons. The zero-order valence-electron chi connectivity index (χ0n) is 12.9. The Hall–Kier alpha value is -1.59. The third kappa shape index (κ3) is 4.44. The molecule has 0 bridgehead atoms. The highest BCUT2D eigenvalue weighted by Crippen LogP contribution is 2.30. The normalized spacial score (nSPS) is 24.7. The van der Waals surface area contributed by atoms with Crippen LogP contribution in [0.2, 0.25) is 0 Å². The Labute approximate surface area is 125 Å². The summed E-state index contributed by atoms with van der Waals surface area (Å²) in [5, 5.41) is 11.9. The standard InChI is InChI=1S/C15H25NO5/c1-4-9(2)12(15(20)21-3)16-13(17)10-7-5-6-8-11(10)14(18)19/h9-12H,4-8H2,1-3H3,(H,16,17)(H,18,19)/t9?,10-,11+,12?/m1/s1. The maximum atomic E-state index is 12.4. The van der Waals surface area contributed by atoms with Gasteiger partial charge in [0.25, 0.3) is 0 Å². The van der Waals surface area contributed by atoms with Crippen molar-refractivity contribution < 1.29 is 24.2 Å². The minimum atomic E-state index is -0.937. The van der Waals surface area contributed by atoms with Crippen molar-refractivity contribution in [3.63, 3.8) is 0 Å². The van der Waals surface area contributed by atoms with E-state index in [1.54, 1.807) is 0 Å². The van der Waals surface area contributed by atoms with E-state index in [2.05, 4.69) is 5.32 Å². The molecule has 1 aliphatic carbocycles. The molecule has 0 saturated heterocycles. The molecule has 6 heteroatoms. The lowest BCUT2D eigenvalue weighted by molar-refractivity contribution is -0.151. The Morgan fingerprint density at radius 3 is 2.29 bits per heavy atom. The van der Waals surface area contributed by atoms with Gasteiger partial charge in [0.15, 0.2) is 0 Å². The van der Waals surface area contributed by atoms with Gasteiger partial charge in [-0.15, -0.1) is 0 Å². The first-order valence-corrected chi connectivity index (χ1v) is 7.53. The van der Waals surface area contributed by atoms with Crippen LogP contribution in [0.3, 0.4) is 0 Å². The third-order valence-corrected chi connectivity index (χ3v) is 4.39. The number of carboxylic acids is 1. The molecular formula is C15H25NO5. The van der Waals surface area contributed by atoms with Crippen molar-refractivity contribution in [3.8, 4) is 0 Å². The zero-order valence-corrected chi connectivity index (χ0v) is 12.9. The summed E-state index contributed by atoms with van der Waals surface area (Å²) in [6.07, 6.45) is 3.45. The molecule has 0 aromatic heterocycles. The van der Waals surface area contributed by atoms with Crippen LogP contribution in [0.1, 0.15) is 46.0 Å². The second kappa shape index (κ2) is 8.00. The van der Waals surface area contributed by atoms with Crippen LogP contribution in [-0.4, -0.2) is 36.1 Å². The predicted octanol–water partition coefficient (Wildman–Crippen LogP) is 1.58. The number of aliphatic carboxylic acids is 1. The highest BCUT2D eigenvalue weighted by molar-refractivity contribution is 5.88. The van der Waals surface area contributed by atoms with E-state index in [-0.39, 0.29) is 11.8 Å². The molecule has 0 aliphatic heterocycles. The minimum Gasteiger partial charge on any atom is -0.481 e. The van der Waals surface area contributed by atoms with Gasteiger partial charge in [0.05, 0.1) is 18.9 Å². The van der Waals surface area contributed by atoms with Crippen LogP contribution in [0.5, 0.6) is 0 Å². The molecule has 1 saturated carbocycles. The van der Waals surface area contributed by atoms with Gasteiger partial charge in [0.1, 0.15) is 6.04 Å². The monoisotopic (exact) mass is 299 g/mol. The summed E-state index contributed by atoms with van der Waals surface area (Å²) < 4.78 is 4.73. The van der Waals surface area contributed by atoms with Crippen molar-refractivity contribution in [3.05, 3.63) is 0 Å². The Kier molecular flexibility index (Phi) is 6.65. The molecule has 4 atom stereocenters. The second-order valence-electron chi connectivity index (χ2n) is 5.73. The number of amides is 1. The maximum absolute atomic E-state index is 12.4. The largest absolute Gasteiger partial charge is 0.481 e. The van der Waals surface area contributed by atoms with E-state index in [0.29, 0.717) is 19.3 Å². The van der Waals surface area contributed by atoms with E-state index in [9.17, 15) is 19.5 Å².